The van der Waals surface area contributed by atoms with Crippen molar-refractivity contribution in [2.75, 3.05) is 26.8 Å². The summed E-state index contributed by atoms with van der Waals surface area (Å²) in [7, 11) is 1.67. The van der Waals surface area contributed by atoms with Gasteiger partial charge in [-0.15, -0.1) is 11.3 Å². The molecule has 7 heteroatoms. The highest BCUT2D eigenvalue weighted by atomic mass is 35.5. The van der Waals surface area contributed by atoms with Crippen molar-refractivity contribution in [2.45, 2.75) is 25.7 Å². The van der Waals surface area contributed by atoms with Gasteiger partial charge in [0.05, 0.1) is 18.2 Å². The van der Waals surface area contributed by atoms with Crippen molar-refractivity contribution in [2.24, 2.45) is 0 Å². The molecule has 0 fully saturated rings. The summed E-state index contributed by atoms with van der Waals surface area (Å²) in [6.45, 7) is 3.79. The van der Waals surface area contributed by atoms with Gasteiger partial charge in [0.15, 0.2) is 4.96 Å². The summed E-state index contributed by atoms with van der Waals surface area (Å²) in [6.07, 6.45) is 3.57. The van der Waals surface area contributed by atoms with Gasteiger partial charge in [0.25, 0.3) is 0 Å². The number of hydrogen-bond donors (Lipinski definition) is 0. The number of hydrogen-bond acceptors (Lipinski definition) is 4. The van der Waals surface area contributed by atoms with Gasteiger partial charge in [0.1, 0.15) is 0 Å². The van der Waals surface area contributed by atoms with Crippen LogP contribution in [-0.4, -0.2) is 47.0 Å². The minimum absolute atomic E-state index is 0.143. The number of rotatable bonds is 10. The van der Waals surface area contributed by atoms with Crippen LogP contribution in [0.3, 0.4) is 0 Å². The Labute approximate surface area is 203 Å². The molecule has 2 aromatic carbocycles. The molecule has 33 heavy (non-hydrogen) atoms. The second-order valence-corrected chi connectivity index (χ2v) is 9.23. The molecule has 0 N–H and O–H groups in total. The molecule has 1 unspecified atom stereocenters. The minimum Gasteiger partial charge on any atom is -0.383 e. The van der Waals surface area contributed by atoms with E-state index in [2.05, 4.69) is 22.9 Å². The summed E-state index contributed by atoms with van der Waals surface area (Å²) in [5, 5.41) is 2.84. The molecule has 4 rings (SSSR count). The number of amides is 1. The first-order valence-corrected chi connectivity index (χ1v) is 12.4. The lowest BCUT2D eigenvalue weighted by molar-refractivity contribution is -0.133. The first-order valence-electron chi connectivity index (χ1n) is 11.1. The third-order valence-corrected chi connectivity index (χ3v) is 6.99. The Bertz CT molecular complexity index is 1190. The number of fused-ring (bicyclic) bond motifs is 1. The van der Waals surface area contributed by atoms with E-state index >= 15 is 0 Å². The predicted octanol–water partition coefficient (Wildman–Crippen LogP) is 5.93. The number of carbonyl (C=O) groups is 1. The summed E-state index contributed by atoms with van der Waals surface area (Å²) in [4.78, 5) is 21.1. The molecule has 2 heterocycles. The molecule has 4 aromatic rings. The largest absolute Gasteiger partial charge is 0.383 e. The van der Waals surface area contributed by atoms with Crippen molar-refractivity contribution in [1.82, 2.24) is 14.3 Å². The zero-order valence-corrected chi connectivity index (χ0v) is 20.5. The maximum absolute atomic E-state index is 13.5. The number of aromatic nitrogens is 2. The molecule has 2 aromatic heterocycles. The van der Waals surface area contributed by atoms with Crippen LogP contribution in [0.2, 0.25) is 5.02 Å². The van der Waals surface area contributed by atoms with Crippen molar-refractivity contribution >= 4 is 33.8 Å². The van der Waals surface area contributed by atoms with Crippen molar-refractivity contribution < 1.29 is 9.53 Å². The molecule has 1 atom stereocenters. The van der Waals surface area contributed by atoms with Gasteiger partial charge in [-0.05, 0) is 24.1 Å². The average Bonchev–Trinajstić information content (AvgIpc) is 3.42. The maximum Gasteiger partial charge on any atom is 0.230 e. The average molecular weight is 482 g/mol. The van der Waals surface area contributed by atoms with Gasteiger partial charge in [-0.1, -0.05) is 61.0 Å². The van der Waals surface area contributed by atoms with Crippen LogP contribution >= 0.6 is 22.9 Å². The Morgan fingerprint density at radius 2 is 1.91 bits per heavy atom. The van der Waals surface area contributed by atoms with Gasteiger partial charge in [-0.2, -0.15) is 0 Å². The van der Waals surface area contributed by atoms with Crippen LogP contribution in [0.1, 0.15) is 30.5 Å². The Morgan fingerprint density at radius 3 is 2.61 bits per heavy atom. The molecular weight excluding hydrogens is 454 g/mol. The lowest BCUT2D eigenvalue weighted by atomic mass is 9.95. The second kappa shape index (κ2) is 11.0. The fourth-order valence-corrected chi connectivity index (χ4v) is 5.04. The number of methoxy groups -OCH3 is 1. The van der Waals surface area contributed by atoms with Crippen LogP contribution in [0.5, 0.6) is 0 Å². The van der Waals surface area contributed by atoms with E-state index < -0.39 is 0 Å². The van der Waals surface area contributed by atoms with Gasteiger partial charge < -0.3 is 9.64 Å². The SMILES string of the molecule is CCC(C(=O)N(CCOC)CCc1csc2nc(-c3ccc(Cl)cc3)cn12)c1ccccc1. The van der Waals surface area contributed by atoms with E-state index in [0.29, 0.717) is 24.7 Å². The van der Waals surface area contributed by atoms with Crippen LogP contribution in [0.4, 0.5) is 0 Å². The topological polar surface area (TPSA) is 46.8 Å². The Kier molecular flexibility index (Phi) is 7.81. The fourth-order valence-electron chi connectivity index (χ4n) is 4.01. The number of ether oxygens (including phenoxy) is 1. The Hall–Kier alpha value is -2.67. The van der Waals surface area contributed by atoms with Gasteiger partial charge in [0, 0.05) is 54.5 Å². The maximum atomic E-state index is 13.5. The normalized spacial score (nSPS) is 12.2. The van der Waals surface area contributed by atoms with Crippen molar-refractivity contribution in [3.05, 3.63) is 82.5 Å². The van der Waals surface area contributed by atoms with Gasteiger partial charge in [-0.25, -0.2) is 4.98 Å². The zero-order valence-electron chi connectivity index (χ0n) is 18.9. The van der Waals surface area contributed by atoms with E-state index in [0.717, 1.165) is 40.3 Å². The summed E-state index contributed by atoms with van der Waals surface area (Å²) in [6, 6.07) is 17.7. The van der Waals surface area contributed by atoms with Crippen LogP contribution in [0, 0.1) is 0 Å². The number of nitrogens with zero attached hydrogens (tertiary/aromatic N) is 3. The zero-order chi connectivity index (χ0) is 23.2. The Balaban J connectivity index is 1.51. The van der Waals surface area contributed by atoms with Crippen LogP contribution in [0.25, 0.3) is 16.2 Å². The molecule has 0 bridgehead atoms. The summed E-state index contributed by atoms with van der Waals surface area (Å²) in [5.74, 6) is 0.00927. The van der Waals surface area contributed by atoms with E-state index in [4.69, 9.17) is 21.3 Å². The summed E-state index contributed by atoms with van der Waals surface area (Å²) in [5.41, 5.74) is 4.16. The smallest absolute Gasteiger partial charge is 0.230 e. The van der Waals surface area contributed by atoms with Crippen LogP contribution in [0.15, 0.2) is 66.2 Å². The number of halogens is 1. The molecule has 0 saturated heterocycles. The van der Waals surface area contributed by atoms with E-state index in [9.17, 15) is 4.79 Å². The lowest BCUT2D eigenvalue weighted by Crippen LogP contribution is -2.39. The number of thiazole rings is 1. The standard InChI is InChI=1S/C26H28ClN3O2S/c1-3-23(19-7-5-4-6-8-19)25(31)29(15-16-32-2)14-13-22-18-33-26-28-24(17-30(22)26)20-9-11-21(27)12-10-20/h4-12,17-18,23H,3,13-16H2,1-2H3. The first kappa shape index (κ1) is 23.5. The second-order valence-electron chi connectivity index (χ2n) is 7.95. The van der Waals surface area contributed by atoms with Gasteiger partial charge in [-0.3, -0.25) is 9.20 Å². The Morgan fingerprint density at radius 1 is 1.15 bits per heavy atom. The molecule has 0 spiro atoms. The summed E-state index contributed by atoms with van der Waals surface area (Å²) < 4.78 is 7.42. The molecule has 5 nitrogen and oxygen atoms in total. The van der Waals surface area contributed by atoms with E-state index in [-0.39, 0.29) is 11.8 Å². The highest BCUT2D eigenvalue weighted by Gasteiger charge is 2.24. The molecular formula is C26H28ClN3O2S. The van der Waals surface area contributed by atoms with Crippen molar-refractivity contribution in [3.8, 4) is 11.3 Å². The third kappa shape index (κ3) is 5.46. The van der Waals surface area contributed by atoms with Crippen molar-refractivity contribution in [3.63, 3.8) is 0 Å². The van der Waals surface area contributed by atoms with Gasteiger partial charge >= 0.3 is 0 Å². The highest BCUT2D eigenvalue weighted by molar-refractivity contribution is 7.15. The first-order chi connectivity index (χ1) is 16.1. The van der Waals surface area contributed by atoms with E-state index in [1.165, 1.54) is 0 Å². The lowest BCUT2D eigenvalue weighted by Gasteiger charge is -2.27. The third-order valence-electron chi connectivity index (χ3n) is 5.85. The number of carbonyl (C=O) groups excluding carboxylic acids is 1. The monoisotopic (exact) mass is 481 g/mol. The molecule has 0 radical (unpaired) electrons. The highest BCUT2D eigenvalue weighted by Crippen LogP contribution is 2.26. The van der Waals surface area contributed by atoms with Gasteiger partial charge in [0.2, 0.25) is 5.91 Å². The molecule has 0 saturated carbocycles. The molecule has 0 aliphatic rings. The molecule has 1 amide bonds. The molecule has 172 valence electrons. The number of imidazole rings is 1. The van der Waals surface area contributed by atoms with Crippen LogP contribution in [-0.2, 0) is 16.0 Å². The quantitative estimate of drug-likeness (QED) is 0.282. The predicted molar refractivity (Wildman–Crippen MR) is 135 cm³/mol. The number of benzene rings is 2. The minimum atomic E-state index is -0.143. The van der Waals surface area contributed by atoms with E-state index in [1.807, 2.05) is 59.5 Å². The van der Waals surface area contributed by atoms with Crippen LogP contribution < -0.4 is 0 Å². The van der Waals surface area contributed by atoms with E-state index in [1.54, 1.807) is 18.4 Å². The summed E-state index contributed by atoms with van der Waals surface area (Å²) >= 11 is 7.64. The molecule has 0 aliphatic heterocycles. The molecule has 0 aliphatic carbocycles. The fraction of sp³-hybridized carbons (Fsp3) is 0.308. The van der Waals surface area contributed by atoms with Crippen molar-refractivity contribution in [1.29, 1.82) is 0 Å².